The maximum atomic E-state index is 12.0. The minimum atomic E-state index is -0.564. The number of carbonyl (C=O) groups excluding carboxylic acids is 2. The topological polar surface area (TPSA) is 76.7 Å². The van der Waals surface area contributed by atoms with E-state index in [1.54, 1.807) is 30.3 Å². The number of hydrogen-bond acceptors (Lipinski definition) is 5. The zero-order valence-electron chi connectivity index (χ0n) is 14.8. The fourth-order valence-corrected chi connectivity index (χ4v) is 3.95. The Kier molecular flexibility index (Phi) is 6.99. The average molecular weight is 563 g/mol. The molecular weight excluding hydrogens is 550 g/mol. The SMILES string of the molecule is COc1cc(C=C2C(=O)NC(=S)NC2=O)cc(I)c1OCc1ccc(Cl)cc1Cl. The Morgan fingerprint density at radius 2 is 1.83 bits per heavy atom. The highest BCUT2D eigenvalue weighted by Crippen LogP contribution is 2.36. The molecule has 3 rings (SSSR count). The largest absolute Gasteiger partial charge is 0.493 e. The Hall–Kier alpha value is -1.88. The van der Waals surface area contributed by atoms with Gasteiger partial charge in [-0.15, -0.1) is 0 Å². The molecule has 1 heterocycles. The van der Waals surface area contributed by atoms with Crippen molar-refractivity contribution in [3.63, 3.8) is 0 Å². The second-order valence-corrected chi connectivity index (χ2v) is 8.27. The summed E-state index contributed by atoms with van der Waals surface area (Å²) >= 11 is 19.0. The zero-order valence-corrected chi connectivity index (χ0v) is 19.3. The zero-order chi connectivity index (χ0) is 21.1. The van der Waals surface area contributed by atoms with E-state index in [1.165, 1.54) is 13.2 Å². The Labute approximate surface area is 195 Å². The van der Waals surface area contributed by atoms with Crippen LogP contribution in [-0.4, -0.2) is 24.0 Å². The molecule has 29 heavy (non-hydrogen) atoms. The van der Waals surface area contributed by atoms with Crippen LogP contribution in [0.15, 0.2) is 35.9 Å². The molecule has 0 aromatic heterocycles. The van der Waals surface area contributed by atoms with Gasteiger partial charge in [-0.05, 0) is 70.7 Å². The minimum Gasteiger partial charge on any atom is -0.493 e. The third-order valence-corrected chi connectivity index (χ3v) is 5.49. The number of carbonyl (C=O) groups is 2. The number of halogens is 3. The van der Waals surface area contributed by atoms with Gasteiger partial charge in [0.2, 0.25) is 0 Å². The molecule has 0 spiro atoms. The lowest BCUT2D eigenvalue weighted by Crippen LogP contribution is -2.51. The fraction of sp³-hybridized carbons (Fsp3) is 0.105. The van der Waals surface area contributed by atoms with Crippen molar-refractivity contribution in [1.82, 2.24) is 10.6 Å². The molecule has 10 heteroatoms. The maximum absolute atomic E-state index is 12.0. The van der Waals surface area contributed by atoms with E-state index in [0.717, 1.165) is 9.13 Å². The first kappa shape index (κ1) is 21.8. The smallest absolute Gasteiger partial charge is 0.263 e. The number of nitrogens with one attached hydrogen (secondary N) is 2. The standard InChI is InChI=1S/C19H13Cl2IN2O4S/c1-27-15-6-9(4-12-17(25)23-19(29)24-18(12)26)5-14(22)16(15)28-8-10-2-3-11(20)7-13(10)21/h2-7H,8H2,1H3,(H2,23,24,25,26,29). The lowest BCUT2D eigenvalue weighted by Gasteiger charge is -2.17. The van der Waals surface area contributed by atoms with Gasteiger partial charge in [0.15, 0.2) is 16.6 Å². The van der Waals surface area contributed by atoms with Gasteiger partial charge in [-0.25, -0.2) is 0 Å². The van der Waals surface area contributed by atoms with Crippen LogP contribution < -0.4 is 20.1 Å². The van der Waals surface area contributed by atoms with Crippen LogP contribution in [0, 0.1) is 3.57 Å². The summed E-state index contributed by atoms with van der Waals surface area (Å²) in [5, 5.41) is 5.81. The van der Waals surface area contributed by atoms with E-state index in [1.807, 2.05) is 0 Å². The van der Waals surface area contributed by atoms with E-state index >= 15 is 0 Å². The summed E-state index contributed by atoms with van der Waals surface area (Å²) in [7, 11) is 1.50. The summed E-state index contributed by atoms with van der Waals surface area (Å²) in [6.07, 6.45) is 1.46. The van der Waals surface area contributed by atoms with Gasteiger partial charge in [-0.2, -0.15) is 0 Å². The highest BCUT2D eigenvalue weighted by atomic mass is 127. The third-order valence-electron chi connectivity index (χ3n) is 3.89. The van der Waals surface area contributed by atoms with Crippen LogP contribution in [0.5, 0.6) is 11.5 Å². The molecule has 1 saturated heterocycles. The van der Waals surface area contributed by atoms with Gasteiger partial charge in [-0.3, -0.25) is 20.2 Å². The quantitative estimate of drug-likeness (QED) is 0.248. The maximum Gasteiger partial charge on any atom is 0.263 e. The second-order valence-electron chi connectivity index (χ2n) is 5.85. The molecule has 2 N–H and O–H groups in total. The van der Waals surface area contributed by atoms with Crippen LogP contribution >= 0.6 is 58.0 Å². The summed E-state index contributed by atoms with van der Waals surface area (Å²) in [6.45, 7) is 0.213. The van der Waals surface area contributed by atoms with E-state index in [9.17, 15) is 9.59 Å². The van der Waals surface area contributed by atoms with Crippen molar-refractivity contribution in [2.45, 2.75) is 6.61 Å². The predicted octanol–water partition coefficient (Wildman–Crippen LogP) is 4.10. The van der Waals surface area contributed by atoms with Crippen molar-refractivity contribution in [2.75, 3.05) is 7.11 Å². The lowest BCUT2D eigenvalue weighted by atomic mass is 10.1. The second kappa shape index (κ2) is 9.29. The Morgan fingerprint density at radius 3 is 2.45 bits per heavy atom. The van der Waals surface area contributed by atoms with Crippen LogP contribution in [0.25, 0.3) is 6.08 Å². The molecule has 150 valence electrons. The van der Waals surface area contributed by atoms with Crippen molar-refractivity contribution in [3.8, 4) is 11.5 Å². The molecule has 0 aliphatic carbocycles. The van der Waals surface area contributed by atoms with E-state index in [-0.39, 0.29) is 17.3 Å². The predicted molar refractivity (Wildman–Crippen MR) is 123 cm³/mol. The molecule has 2 aromatic carbocycles. The molecule has 0 bridgehead atoms. The van der Waals surface area contributed by atoms with Crippen LogP contribution in [0.4, 0.5) is 0 Å². The number of amides is 2. The monoisotopic (exact) mass is 562 g/mol. The van der Waals surface area contributed by atoms with Crippen LogP contribution in [0.1, 0.15) is 11.1 Å². The van der Waals surface area contributed by atoms with Gasteiger partial charge in [0.05, 0.1) is 10.7 Å². The number of benzene rings is 2. The van der Waals surface area contributed by atoms with E-state index < -0.39 is 11.8 Å². The van der Waals surface area contributed by atoms with Crippen LogP contribution in [-0.2, 0) is 16.2 Å². The first-order chi connectivity index (χ1) is 13.8. The summed E-state index contributed by atoms with van der Waals surface area (Å²) in [5.74, 6) is -0.170. The molecule has 0 radical (unpaired) electrons. The number of thiocarbonyl (C=S) groups is 1. The van der Waals surface area contributed by atoms with Crippen molar-refractivity contribution >= 4 is 81.0 Å². The van der Waals surface area contributed by atoms with Gasteiger partial charge in [0.1, 0.15) is 12.2 Å². The molecular formula is C19H13Cl2IN2O4S. The van der Waals surface area contributed by atoms with Crippen molar-refractivity contribution < 1.29 is 19.1 Å². The molecule has 1 aliphatic rings. The lowest BCUT2D eigenvalue weighted by molar-refractivity contribution is -0.123. The number of ether oxygens (including phenoxy) is 2. The van der Waals surface area contributed by atoms with Gasteiger partial charge >= 0.3 is 0 Å². The summed E-state index contributed by atoms with van der Waals surface area (Å²) in [6, 6.07) is 8.60. The first-order valence-electron chi connectivity index (χ1n) is 8.11. The Bertz CT molecular complexity index is 1040. The van der Waals surface area contributed by atoms with Gasteiger partial charge in [0, 0.05) is 15.6 Å². The minimum absolute atomic E-state index is 0.0195. The highest BCUT2D eigenvalue weighted by Gasteiger charge is 2.26. The molecule has 0 atom stereocenters. The van der Waals surface area contributed by atoms with Gasteiger partial charge < -0.3 is 9.47 Å². The molecule has 1 fully saturated rings. The highest BCUT2D eigenvalue weighted by molar-refractivity contribution is 14.1. The van der Waals surface area contributed by atoms with E-state index in [0.29, 0.717) is 27.1 Å². The average Bonchev–Trinajstić information content (AvgIpc) is 2.64. The Balaban J connectivity index is 1.87. The fourth-order valence-electron chi connectivity index (χ4n) is 2.52. The summed E-state index contributed by atoms with van der Waals surface area (Å²) in [4.78, 5) is 24.1. The summed E-state index contributed by atoms with van der Waals surface area (Å²) < 4.78 is 12.1. The molecule has 1 aliphatic heterocycles. The third kappa shape index (κ3) is 5.19. The molecule has 6 nitrogen and oxygen atoms in total. The van der Waals surface area contributed by atoms with Crippen LogP contribution in [0.3, 0.4) is 0 Å². The van der Waals surface area contributed by atoms with Crippen molar-refractivity contribution in [3.05, 3.63) is 60.6 Å². The molecule has 0 saturated carbocycles. The Morgan fingerprint density at radius 1 is 1.14 bits per heavy atom. The number of methoxy groups -OCH3 is 1. The molecule has 2 amide bonds. The normalized spacial score (nSPS) is 13.7. The van der Waals surface area contributed by atoms with Gasteiger partial charge in [0.25, 0.3) is 11.8 Å². The van der Waals surface area contributed by atoms with Crippen molar-refractivity contribution in [1.29, 1.82) is 0 Å². The molecule has 2 aromatic rings. The van der Waals surface area contributed by atoms with E-state index in [4.69, 9.17) is 44.9 Å². The van der Waals surface area contributed by atoms with Crippen LogP contribution in [0.2, 0.25) is 10.0 Å². The van der Waals surface area contributed by atoms with Crippen molar-refractivity contribution in [2.24, 2.45) is 0 Å². The summed E-state index contributed by atoms with van der Waals surface area (Å²) in [5.41, 5.74) is 1.31. The molecule has 0 unspecified atom stereocenters. The first-order valence-corrected chi connectivity index (χ1v) is 10.4. The number of hydrogen-bond donors (Lipinski definition) is 2. The van der Waals surface area contributed by atoms with Gasteiger partial charge in [-0.1, -0.05) is 29.3 Å². The van der Waals surface area contributed by atoms with E-state index in [2.05, 4.69) is 33.2 Å². The number of rotatable bonds is 5.